The highest BCUT2D eigenvalue weighted by Crippen LogP contribution is 2.11. The lowest BCUT2D eigenvalue weighted by atomic mass is 10.2. The van der Waals surface area contributed by atoms with Crippen molar-refractivity contribution in [3.63, 3.8) is 0 Å². The number of fused-ring (bicyclic) bond motifs is 1. The maximum absolute atomic E-state index is 4.33. The van der Waals surface area contributed by atoms with Crippen molar-refractivity contribution in [3.05, 3.63) is 22.2 Å². The third kappa shape index (κ3) is 1.41. The van der Waals surface area contributed by atoms with Crippen molar-refractivity contribution < 1.29 is 0 Å². The van der Waals surface area contributed by atoms with Crippen molar-refractivity contribution in [3.8, 4) is 0 Å². The van der Waals surface area contributed by atoms with Crippen molar-refractivity contribution >= 4 is 15.9 Å². The van der Waals surface area contributed by atoms with Gasteiger partial charge in [-0.15, -0.1) is 0 Å². The average molecular weight is 214 g/mol. The van der Waals surface area contributed by atoms with Gasteiger partial charge < -0.3 is 5.32 Å². The Morgan fingerprint density at radius 2 is 2.36 bits per heavy atom. The molecule has 0 atom stereocenters. The van der Waals surface area contributed by atoms with Crippen LogP contribution in [0, 0.1) is 0 Å². The van der Waals surface area contributed by atoms with Crippen LogP contribution < -0.4 is 5.32 Å². The molecule has 4 heteroatoms. The molecule has 11 heavy (non-hydrogen) atoms. The molecule has 1 aromatic heterocycles. The Kier molecular flexibility index (Phi) is 1.87. The fraction of sp³-hybridized carbons (Fsp3) is 0.429. The largest absolute Gasteiger partial charge is 0.311 e. The normalized spacial score (nSPS) is 16.1. The van der Waals surface area contributed by atoms with Crippen LogP contribution in [-0.2, 0) is 13.0 Å². The number of hydrogen-bond acceptors (Lipinski definition) is 3. The molecule has 0 amide bonds. The molecule has 1 N–H and O–H groups in total. The van der Waals surface area contributed by atoms with Gasteiger partial charge in [0.2, 0.25) is 0 Å². The summed E-state index contributed by atoms with van der Waals surface area (Å²) in [6.45, 7) is 1.87. The van der Waals surface area contributed by atoms with Crippen molar-refractivity contribution in [1.82, 2.24) is 15.3 Å². The van der Waals surface area contributed by atoms with Gasteiger partial charge in [0, 0.05) is 19.5 Å². The lowest BCUT2D eigenvalue weighted by Gasteiger charge is -2.14. The zero-order valence-electron chi connectivity index (χ0n) is 5.97. The first kappa shape index (κ1) is 7.18. The summed E-state index contributed by atoms with van der Waals surface area (Å²) in [4.78, 5) is 8.57. The molecule has 0 unspecified atom stereocenters. The molecule has 1 aliphatic heterocycles. The minimum Gasteiger partial charge on any atom is -0.311 e. The van der Waals surface area contributed by atoms with Crippen molar-refractivity contribution in [1.29, 1.82) is 0 Å². The van der Waals surface area contributed by atoms with E-state index in [1.807, 2.05) is 0 Å². The van der Waals surface area contributed by atoms with E-state index >= 15 is 0 Å². The molecule has 0 saturated heterocycles. The van der Waals surface area contributed by atoms with Crippen LogP contribution in [0.15, 0.2) is 10.8 Å². The zero-order valence-corrected chi connectivity index (χ0v) is 7.56. The number of hydrogen-bond donors (Lipinski definition) is 1. The van der Waals surface area contributed by atoms with E-state index in [2.05, 4.69) is 31.2 Å². The number of halogens is 1. The first-order valence-electron chi connectivity index (χ1n) is 3.57. The SMILES string of the molecule is Brc1cnc2c(n1)CCNC2. The Labute approximate surface area is 73.4 Å². The summed E-state index contributed by atoms with van der Waals surface area (Å²) in [6.07, 6.45) is 2.73. The van der Waals surface area contributed by atoms with E-state index in [0.29, 0.717) is 0 Å². The Morgan fingerprint density at radius 1 is 1.45 bits per heavy atom. The molecule has 0 aliphatic carbocycles. The van der Waals surface area contributed by atoms with Gasteiger partial charge in [-0.3, -0.25) is 4.98 Å². The standard InChI is InChI=1S/C7H8BrN3/c8-7-4-10-6-3-9-2-1-5(6)11-7/h4,9H,1-3H2. The Bertz CT molecular complexity index is 274. The molecule has 0 bridgehead atoms. The highest BCUT2D eigenvalue weighted by molar-refractivity contribution is 9.10. The fourth-order valence-electron chi connectivity index (χ4n) is 1.19. The summed E-state index contributed by atoms with van der Waals surface area (Å²) in [6, 6.07) is 0. The van der Waals surface area contributed by atoms with Gasteiger partial charge in [0.1, 0.15) is 4.60 Å². The molecule has 2 rings (SSSR count). The zero-order chi connectivity index (χ0) is 7.68. The van der Waals surface area contributed by atoms with Gasteiger partial charge in [-0.05, 0) is 15.9 Å². The molecule has 0 radical (unpaired) electrons. The van der Waals surface area contributed by atoms with Crippen LogP contribution in [-0.4, -0.2) is 16.5 Å². The molecule has 3 nitrogen and oxygen atoms in total. The van der Waals surface area contributed by atoms with Gasteiger partial charge >= 0.3 is 0 Å². The number of nitrogens with one attached hydrogen (secondary N) is 1. The van der Waals surface area contributed by atoms with Crippen LogP contribution >= 0.6 is 15.9 Å². The molecule has 0 aromatic carbocycles. The van der Waals surface area contributed by atoms with E-state index in [1.54, 1.807) is 6.20 Å². The summed E-state index contributed by atoms with van der Waals surface area (Å²) in [5.41, 5.74) is 2.21. The molecule has 2 heterocycles. The van der Waals surface area contributed by atoms with Crippen molar-refractivity contribution in [2.75, 3.05) is 6.54 Å². The van der Waals surface area contributed by atoms with Gasteiger partial charge in [-0.2, -0.15) is 0 Å². The molecule has 58 valence electrons. The van der Waals surface area contributed by atoms with Crippen LogP contribution in [0.4, 0.5) is 0 Å². The van der Waals surface area contributed by atoms with E-state index in [4.69, 9.17) is 0 Å². The second-order valence-electron chi connectivity index (χ2n) is 2.51. The van der Waals surface area contributed by atoms with E-state index < -0.39 is 0 Å². The van der Waals surface area contributed by atoms with E-state index in [1.165, 1.54) is 0 Å². The first-order chi connectivity index (χ1) is 5.36. The minimum absolute atomic E-state index is 0.832. The van der Waals surface area contributed by atoms with Crippen LogP contribution in [0.25, 0.3) is 0 Å². The lowest BCUT2D eigenvalue weighted by molar-refractivity contribution is 0.611. The summed E-state index contributed by atoms with van der Waals surface area (Å²) in [7, 11) is 0. The van der Waals surface area contributed by atoms with Crippen LogP contribution in [0.1, 0.15) is 11.4 Å². The highest BCUT2D eigenvalue weighted by atomic mass is 79.9. The summed E-state index contributed by atoms with van der Waals surface area (Å²) >= 11 is 3.30. The quantitative estimate of drug-likeness (QED) is 0.696. The molecule has 0 saturated carbocycles. The van der Waals surface area contributed by atoms with Crippen molar-refractivity contribution in [2.45, 2.75) is 13.0 Å². The second-order valence-corrected chi connectivity index (χ2v) is 3.33. The van der Waals surface area contributed by atoms with E-state index in [9.17, 15) is 0 Å². The minimum atomic E-state index is 0.832. The molecule has 0 fully saturated rings. The average Bonchev–Trinajstić information content (AvgIpc) is 2.04. The smallest absolute Gasteiger partial charge is 0.124 e. The molecule has 0 spiro atoms. The highest BCUT2D eigenvalue weighted by Gasteiger charge is 2.10. The summed E-state index contributed by atoms with van der Waals surface area (Å²) in [5, 5.41) is 3.24. The topological polar surface area (TPSA) is 37.8 Å². The number of rotatable bonds is 0. The molecular weight excluding hydrogens is 206 g/mol. The van der Waals surface area contributed by atoms with Crippen molar-refractivity contribution in [2.24, 2.45) is 0 Å². The van der Waals surface area contributed by atoms with Gasteiger partial charge in [0.15, 0.2) is 0 Å². The van der Waals surface area contributed by atoms with Crippen LogP contribution in [0.3, 0.4) is 0 Å². The third-order valence-corrected chi connectivity index (χ3v) is 2.11. The van der Waals surface area contributed by atoms with Gasteiger partial charge in [-0.1, -0.05) is 0 Å². The third-order valence-electron chi connectivity index (χ3n) is 1.73. The van der Waals surface area contributed by atoms with Gasteiger partial charge in [0.25, 0.3) is 0 Å². The summed E-state index contributed by atoms with van der Waals surface area (Å²) in [5.74, 6) is 0. The molecule has 1 aliphatic rings. The van der Waals surface area contributed by atoms with Gasteiger partial charge in [-0.25, -0.2) is 4.98 Å². The Hall–Kier alpha value is -0.480. The number of nitrogens with zero attached hydrogens (tertiary/aromatic N) is 2. The molecular formula is C7H8BrN3. The second kappa shape index (κ2) is 2.87. The maximum Gasteiger partial charge on any atom is 0.124 e. The van der Waals surface area contributed by atoms with Crippen LogP contribution in [0.5, 0.6) is 0 Å². The van der Waals surface area contributed by atoms with E-state index in [0.717, 1.165) is 35.5 Å². The van der Waals surface area contributed by atoms with Crippen LogP contribution in [0.2, 0.25) is 0 Å². The monoisotopic (exact) mass is 213 g/mol. The predicted molar refractivity (Wildman–Crippen MR) is 45.1 cm³/mol. The Balaban J connectivity index is 2.43. The predicted octanol–water partition coefficient (Wildman–Crippen LogP) is 0.885. The number of aromatic nitrogens is 2. The lowest BCUT2D eigenvalue weighted by Crippen LogP contribution is -2.25. The Morgan fingerprint density at radius 3 is 3.27 bits per heavy atom. The van der Waals surface area contributed by atoms with Gasteiger partial charge in [0.05, 0.1) is 17.6 Å². The summed E-state index contributed by atoms with van der Waals surface area (Å²) < 4.78 is 0.832. The van der Waals surface area contributed by atoms with E-state index in [-0.39, 0.29) is 0 Å². The molecule has 1 aromatic rings. The first-order valence-corrected chi connectivity index (χ1v) is 4.36. The fourth-order valence-corrected chi connectivity index (χ4v) is 1.51. The maximum atomic E-state index is 4.33.